The number of nitrogens with zero attached hydrogens (tertiary/aromatic N) is 3. The molecule has 4 rings (SSSR count). The van der Waals surface area contributed by atoms with E-state index in [9.17, 15) is 4.79 Å². The Morgan fingerprint density at radius 2 is 1.90 bits per heavy atom. The van der Waals surface area contributed by atoms with Gasteiger partial charge in [-0.25, -0.2) is 4.98 Å². The molecule has 0 radical (unpaired) electrons. The Labute approximate surface area is 179 Å². The van der Waals surface area contributed by atoms with Gasteiger partial charge in [0.05, 0.1) is 5.41 Å². The molecule has 1 aromatic heterocycles. The van der Waals surface area contributed by atoms with E-state index in [1.54, 1.807) is 0 Å². The highest BCUT2D eigenvalue weighted by Crippen LogP contribution is 2.39. The van der Waals surface area contributed by atoms with Crippen molar-refractivity contribution < 1.29 is 4.79 Å². The van der Waals surface area contributed by atoms with E-state index in [2.05, 4.69) is 58.6 Å². The monoisotopic (exact) mass is 407 g/mol. The average molecular weight is 408 g/mol. The minimum atomic E-state index is -0.155. The van der Waals surface area contributed by atoms with Crippen LogP contribution >= 0.6 is 0 Å². The van der Waals surface area contributed by atoms with Gasteiger partial charge in [0.2, 0.25) is 11.9 Å². The molecule has 3 heterocycles. The number of hydrogen-bond donors (Lipinski definition) is 2. The number of piperidine rings is 1. The molecule has 1 amide bonds. The Hall–Kier alpha value is -2.63. The summed E-state index contributed by atoms with van der Waals surface area (Å²) >= 11 is 0. The Morgan fingerprint density at radius 1 is 1.13 bits per heavy atom. The van der Waals surface area contributed by atoms with E-state index in [4.69, 9.17) is 4.98 Å². The summed E-state index contributed by atoms with van der Waals surface area (Å²) in [6, 6.07) is 8.58. The Morgan fingerprint density at radius 3 is 2.57 bits per heavy atom. The third-order valence-corrected chi connectivity index (χ3v) is 6.61. The fourth-order valence-electron chi connectivity index (χ4n) is 4.62. The highest BCUT2D eigenvalue weighted by Gasteiger charge is 2.44. The highest BCUT2D eigenvalue weighted by atomic mass is 16.2. The first-order valence-corrected chi connectivity index (χ1v) is 11.3. The van der Waals surface area contributed by atoms with Crippen molar-refractivity contribution in [3.05, 3.63) is 41.6 Å². The van der Waals surface area contributed by atoms with Gasteiger partial charge in [-0.2, -0.15) is 4.98 Å². The molecule has 2 N–H and O–H groups in total. The number of benzene rings is 1. The molecule has 0 saturated carbocycles. The van der Waals surface area contributed by atoms with Gasteiger partial charge in [0, 0.05) is 37.1 Å². The van der Waals surface area contributed by atoms with Crippen molar-refractivity contribution in [2.45, 2.75) is 58.8 Å². The molecule has 1 spiro atoms. The summed E-state index contributed by atoms with van der Waals surface area (Å²) in [6.07, 6.45) is 9.54. The van der Waals surface area contributed by atoms with E-state index in [-0.39, 0.29) is 11.3 Å². The van der Waals surface area contributed by atoms with E-state index < -0.39 is 0 Å². The third-order valence-electron chi connectivity index (χ3n) is 6.61. The standard InChI is InChI=1S/C24H33N5O/c1-3-4-5-6-19-7-9-20(10-8-19)27-23-26-17-18(2)21(28-23)29-15-12-24(13-16-29)11-14-25-22(24)30/h7-10,17H,3-6,11-16H2,1-2H3,(H,25,30)(H,26,27,28). The summed E-state index contributed by atoms with van der Waals surface area (Å²) in [5.41, 5.74) is 3.29. The van der Waals surface area contributed by atoms with Crippen LogP contribution in [-0.2, 0) is 11.2 Å². The van der Waals surface area contributed by atoms with Crippen LogP contribution in [0.25, 0.3) is 0 Å². The third kappa shape index (κ3) is 4.42. The molecular formula is C24H33N5O. The van der Waals surface area contributed by atoms with Crippen LogP contribution in [0.2, 0.25) is 0 Å². The van der Waals surface area contributed by atoms with Crippen molar-refractivity contribution in [1.29, 1.82) is 0 Å². The van der Waals surface area contributed by atoms with Crippen molar-refractivity contribution in [1.82, 2.24) is 15.3 Å². The molecule has 2 aliphatic heterocycles. The average Bonchev–Trinajstić information content (AvgIpc) is 3.11. The first-order valence-electron chi connectivity index (χ1n) is 11.3. The first kappa shape index (κ1) is 20.6. The van der Waals surface area contributed by atoms with Gasteiger partial charge in [-0.05, 0) is 56.7 Å². The molecule has 2 aromatic rings. The van der Waals surface area contributed by atoms with E-state index in [0.717, 1.165) is 62.4 Å². The van der Waals surface area contributed by atoms with Crippen molar-refractivity contribution in [3.8, 4) is 0 Å². The lowest BCUT2D eigenvalue weighted by molar-refractivity contribution is -0.128. The molecule has 0 atom stereocenters. The van der Waals surface area contributed by atoms with Crippen LogP contribution in [0.1, 0.15) is 56.6 Å². The number of aromatic nitrogens is 2. The summed E-state index contributed by atoms with van der Waals surface area (Å²) in [6.45, 7) is 6.82. The Bertz CT molecular complexity index is 872. The molecule has 2 saturated heterocycles. The van der Waals surface area contributed by atoms with Gasteiger partial charge in [0.15, 0.2) is 0 Å². The van der Waals surface area contributed by atoms with Crippen molar-refractivity contribution in [3.63, 3.8) is 0 Å². The number of aryl methyl sites for hydroxylation is 2. The summed E-state index contributed by atoms with van der Waals surface area (Å²) < 4.78 is 0. The van der Waals surface area contributed by atoms with E-state index >= 15 is 0 Å². The predicted octanol–water partition coefficient (Wildman–Crippen LogP) is 4.37. The molecule has 6 heteroatoms. The van der Waals surface area contributed by atoms with Gasteiger partial charge in [0.25, 0.3) is 0 Å². The lowest BCUT2D eigenvalue weighted by atomic mass is 9.77. The number of nitrogens with one attached hydrogen (secondary N) is 2. The first-order chi connectivity index (χ1) is 14.6. The molecule has 0 bridgehead atoms. The maximum atomic E-state index is 12.3. The van der Waals surface area contributed by atoms with Crippen LogP contribution in [0, 0.1) is 12.3 Å². The van der Waals surface area contributed by atoms with Gasteiger partial charge in [-0.15, -0.1) is 0 Å². The zero-order chi connectivity index (χ0) is 21.0. The minimum Gasteiger partial charge on any atom is -0.356 e. The molecule has 0 aliphatic carbocycles. The zero-order valence-corrected chi connectivity index (χ0v) is 18.2. The van der Waals surface area contributed by atoms with Gasteiger partial charge in [0.1, 0.15) is 5.82 Å². The van der Waals surface area contributed by atoms with Crippen LogP contribution in [0.4, 0.5) is 17.5 Å². The molecule has 2 aliphatic rings. The minimum absolute atomic E-state index is 0.155. The summed E-state index contributed by atoms with van der Waals surface area (Å²) in [7, 11) is 0. The molecule has 2 fully saturated rings. The Balaban J connectivity index is 1.40. The van der Waals surface area contributed by atoms with E-state index in [1.165, 1.54) is 24.8 Å². The Kier molecular flexibility index (Phi) is 6.21. The van der Waals surface area contributed by atoms with Gasteiger partial charge < -0.3 is 15.5 Å². The SMILES string of the molecule is CCCCCc1ccc(Nc2ncc(C)c(N3CCC4(CCNC4=O)CC3)n2)cc1. The number of hydrogen-bond acceptors (Lipinski definition) is 5. The molecule has 160 valence electrons. The van der Waals surface area contributed by atoms with Crippen molar-refractivity contribution in [2.75, 3.05) is 29.9 Å². The number of rotatable bonds is 7. The lowest BCUT2D eigenvalue weighted by Crippen LogP contribution is -2.44. The van der Waals surface area contributed by atoms with Crippen molar-refractivity contribution in [2.24, 2.45) is 5.41 Å². The topological polar surface area (TPSA) is 70.2 Å². The van der Waals surface area contributed by atoms with Gasteiger partial charge in [-0.1, -0.05) is 31.9 Å². The second-order valence-electron chi connectivity index (χ2n) is 8.75. The lowest BCUT2D eigenvalue weighted by Gasteiger charge is -2.38. The largest absolute Gasteiger partial charge is 0.356 e. The van der Waals surface area contributed by atoms with Crippen molar-refractivity contribution >= 4 is 23.4 Å². The number of amides is 1. The van der Waals surface area contributed by atoms with Gasteiger partial charge >= 0.3 is 0 Å². The number of anilines is 3. The van der Waals surface area contributed by atoms with E-state index in [0.29, 0.717) is 5.95 Å². The maximum absolute atomic E-state index is 12.3. The smallest absolute Gasteiger partial charge is 0.229 e. The highest BCUT2D eigenvalue weighted by molar-refractivity contribution is 5.85. The number of carbonyl (C=O) groups is 1. The van der Waals surface area contributed by atoms with Crippen LogP contribution in [0.15, 0.2) is 30.5 Å². The van der Waals surface area contributed by atoms with Gasteiger partial charge in [-0.3, -0.25) is 4.79 Å². The quantitative estimate of drug-likeness (QED) is 0.667. The maximum Gasteiger partial charge on any atom is 0.229 e. The van der Waals surface area contributed by atoms with Crippen LogP contribution in [0.3, 0.4) is 0 Å². The molecular weight excluding hydrogens is 374 g/mol. The second-order valence-corrected chi connectivity index (χ2v) is 8.75. The zero-order valence-electron chi connectivity index (χ0n) is 18.2. The molecule has 0 unspecified atom stereocenters. The molecule has 6 nitrogen and oxygen atoms in total. The normalized spacial score (nSPS) is 17.9. The van der Waals surface area contributed by atoms with Crippen LogP contribution in [0.5, 0.6) is 0 Å². The van der Waals surface area contributed by atoms with Crippen LogP contribution < -0.4 is 15.5 Å². The number of unbranched alkanes of at least 4 members (excludes halogenated alkanes) is 2. The fourth-order valence-corrected chi connectivity index (χ4v) is 4.62. The van der Waals surface area contributed by atoms with Crippen LogP contribution in [-0.4, -0.2) is 35.5 Å². The molecule has 30 heavy (non-hydrogen) atoms. The second kappa shape index (κ2) is 9.02. The number of carbonyl (C=O) groups excluding carboxylic acids is 1. The molecule has 1 aromatic carbocycles. The summed E-state index contributed by atoms with van der Waals surface area (Å²) in [4.78, 5) is 23.8. The summed E-state index contributed by atoms with van der Waals surface area (Å²) in [5, 5.41) is 6.36. The fraction of sp³-hybridized carbons (Fsp3) is 0.542. The summed E-state index contributed by atoms with van der Waals surface area (Å²) in [5.74, 6) is 1.83. The van der Waals surface area contributed by atoms with E-state index in [1.807, 2.05) is 6.20 Å². The predicted molar refractivity (Wildman–Crippen MR) is 121 cm³/mol.